The second-order valence-electron chi connectivity index (χ2n) is 4.14. The summed E-state index contributed by atoms with van der Waals surface area (Å²) >= 11 is 6.00. The van der Waals surface area contributed by atoms with Gasteiger partial charge in [0.25, 0.3) is 5.91 Å². The Morgan fingerprint density at radius 2 is 2.35 bits per heavy atom. The molecule has 0 unspecified atom stereocenters. The predicted molar refractivity (Wildman–Crippen MR) is 80.8 cm³/mol. The molecule has 5 nitrogen and oxygen atoms in total. The monoisotopic (exact) mass is 290 g/mol. The Morgan fingerprint density at radius 3 is 3.00 bits per heavy atom. The lowest BCUT2D eigenvalue weighted by Crippen LogP contribution is -2.18. The maximum atomic E-state index is 11.7. The minimum Gasteiger partial charge on any atom is -0.381 e. The van der Waals surface area contributed by atoms with E-state index in [1.807, 2.05) is 12.3 Å². The summed E-state index contributed by atoms with van der Waals surface area (Å²) in [6.07, 6.45) is 5.25. The maximum Gasteiger partial charge on any atom is 0.252 e. The van der Waals surface area contributed by atoms with E-state index in [4.69, 9.17) is 11.6 Å². The quantitative estimate of drug-likeness (QED) is 0.890. The highest BCUT2D eigenvalue weighted by Crippen LogP contribution is 2.21. The van der Waals surface area contributed by atoms with Crippen molar-refractivity contribution in [3.05, 3.63) is 53.3 Å². The average molecular weight is 291 g/mol. The molecule has 1 amide bonds. The van der Waals surface area contributed by atoms with Gasteiger partial charge in [0.2, 0.25) is 0 Å². The number of benzene rings is 1. The smallest absolute Gasteiger partial charge is 0.252 e. The fourth-order valence-corrected chi connectivity index (χ4v) is 1.92. The van der Waals surface area contributed by atoms with E-state index in [0.29, 0.717) is 17.1 Å². The van der Waals surface area contributed by atoms with Gasteiger partial charge < -0.3 is 10.6 Å². The van der Waals surface area contributed by atoms with Crippen molar-refractivity contribution >= 4 is 29.4 Å². The molecule has 0 bridgehead atoms. The van der Waals surface area contributed by atoms with Crippen LogP contribution in [-0.4, -0.2) is 22.7 Å². The Hall–Kier alpha value is -2.27. The zero-order chi connectivity index (χ0) is 14.5. The fourth-order valence-electron chi connectivity index (χ4n) is 1.72. The minimum atomic E-state index is -0.210. The minimum absolute atomic E-state index is 0.210. The highest BCUT2D eigenvalue weighted by Gasteiger charge is 2.09. The van der Waals surface area contributed by atoms with Crippen LogP contribution in [0.15, 0.2) is 37.2 Å². The van der Waals surface area contributed by atoms with Crippen molar-refractivity contribution in [3.8, 4) is 0 Å². The number of nitrogens with zero attached hydrogens (tertiary/aromatic N) is 2. The summed E-state index contributed by atoms with van der Waals surface area (Å²) in [6.45, 7) is 4.23. The number of aromatic nitrogens is 2. The first-order valence-electron chi connectivity index (χ1n) is 6.05. The zero-order valence-electron chi connectivity index (χ0n) is 11.1. The molecule has 0 atom stereocenters. The zero-order valence-corrected chi connectivity index (χ0v) is 11.8. The number of rotatable bonds is 5. The molecular weight excluding hydrogens is 276 g/mol. The van der Waals surface area contributed by atoms with E-state index in [0.717, 1.165) is 11.3 Å². The highest BCUT2D eigenvalue weighted by atomic mass is 35.5. The first-order valence-corrected chi connectivity index (χ1v) is 6.43. The van der Waals surface area contributed by atoms with Gasteiger partial charge in [-0.3, -0.25) is 4.79 Å². The summed E-state index contributed by atoms with van der Waals surface area (Å²) in [5.41, 5.74) is 2.28. The molecule has 2 N–H and O–H groups in total. The largest absolute Gasteiger partial charge is 0.381 e. The second-order valence-corrected chi connectivity index (χ2v) is 4.55. The van der Waals surface area contributed by atoms with Crippen LogP contribution in [0.5, 0.6) is 0 Å². The lowest BCUT2D eigenvalue weighted by Gasteiger charge is -2.08. The molecule has 1 aromatic carbocycles. The SMILES string of the molecule is C=Cn1cc(CNc2ccc(Cl)c(C(=O)NC)c2)cn1. The number of carbonyl (C=O) groups is 1. The van der Waals surface area contributed by atoms with Gasteiger partial charge in [0.05, 0.1) is 16.8 Å². The fraction of sp³-hybridized carbons (Fsp3) is 0.143. The van der Waals surface area contributed by atoms with Crippen LogP contribution in [0.3, 0.4) is 0 Å². The van der Waals surface area contributed by atoms with Crippen molar-refractivity contribution in [3.63, 3.8) is 0 Å². The van der Waals surface area contributed by atoms with Gasteiger partial charge in [-0.05, 0) is 18.2 Å². The number of nitrogens with one attached hydrogen (secondary N) is 2. The van der Waals surface area contributed by atoms with Crippen molar-refractivity contribution < 1.29 is 4.79 Å². The molecule has 104 valence electrons. The van der Waals surface area contributed by atoms with Crippen LogP contribution in [0.1, 0.15) is 15.9 Å². The molecule has 0 saturated heterocycles. The van der Waals surface area contributed by atoms with Crippen molar-refractivity contribution in [2.24, 2.45) is 0 Å². The molecule has 0 spiro atoms. The Labute approximate surface area is 122 Å². The standard InChI is InChI=1S/C14H15ClN4O/c1-3-19-9-10(8-18-19)7-17-11-4-5-13(15)12(6-11)14(20)16-2/h3-6,8-9,17H,1,7H2,2H3,(H,16,20). The van der Waals surface area contributed by atoms with Crippen molar-refractivity contribution in [1.82, 2.24) is 15.1 Å². The maximum absolute atomic E-state index is 11.7. The summed E-state index contributed by atoms with van der Waals surface area (Å²) in [5.74, 6) is -0.210. The first kappa shape index (κ1) is 14.1. The van der Waals surface area contributed by atoms with Gasteiger partial charge >= 0.3 is 0 Å². The summed E-state index contributed by atoms with van der Waals surface area (Å²) in [7, 11) is 1.57. The molecule has 20 heavy (non-hydrogen) atoms. The van der Waals surface area contributed by atoms with Crippen LogP contribution in [-0.2, 0) is 6.54 Å². The molecule has 0 aliphatic rings. The molecule has 0 fully saturated rings. The van der Waals surface area contributed by atoms with Gasteiger partial charge in [0, 0.05) is 37.2 Å². The number of hydrogen-bond acceptors (Lipinski definition) is 3. The predicted octanol–water partition coefficient (Wildman–Crippen LogP) is 2.61. The van der Waals surface area contributed by atoms with E-state index >= 15 is 0 Å². The van der Waals surface area contributed by atoms with E-state index in [-0.39, 0.29) is 5.91 Å². The van der Waals surface area contributed by atoms with Crippen LogP contribution < -0.4 is 10.6 Å². The number of hydrogen-bond donors (Lipinski definition) is 2. The molecule has 0 saturated carbocycles. The van der Waals surface area contributed by atoms with Gasteiger partial charge in [-0.2, -0.15) is 5.10 Å². The second kappa shape index (κ2) is 6.25. The average Bonchev–Trinajstić information content (AvgIpc) is 2.93. The lowest BCUT2D eigenvalue weighted by molar-refractivity contribution is 0.0963. The van der Waals surface area contributed by atoms with E-state index < -0.39 is 0 Å². The summed E-state index contributed by atoms with van der Waals surface area (Å²) in [5, 5.41) is 10.3. The summed E-state index contributed by atoms with van der Waals surface area (Å²) in [4.78, 5) is 11.7. The van der Waals surface area contributed by atoms with Crippen molar-refractivity contribution in [1.29, 1.82) is 0 Å². The third-order valence-corrected chi connectivity index (χ3v) is 3.11. The van der Waals surface area contributed by atoms with Gasteiger partial charge in [-0.15, -0.1) is 0 Å². The Bertz CT molecular complexity index is 636. The number of amides is 1. The van der Waals surface area contributed by atoms with Gasteiger partial charge in [0.1, 0.15) is 0 Å². The first-order chi connectivity index (χ1) is 9.63. The molecule has 2 rings (SSSR count). The number of carbonyl (C=O) groups excluding carboxylic acids is 1. The molecule has 2 aromatic rings. The molecular formula is C14H15ClN4O. The number of halogens is 1. The molecule has 1 heterocycles. The molecule has 6 heteroatoms. The van der Waals surface area contributed by atoms with Crippen LogP contribution in [0.4, 0.5) is 5.69 Å². The van der Waals surface area contributed by atoms with Crippen molar-refractivity contribution in [2.75, 3.05) is 12.4 Å². The molecule has 0 radical (unpaired) electrons. The topological polar surface area (TPSA) is 59.0 Å². The summed E-state index contributed by atoms with van der Waals surface area (Å²) < 4.78 is 1.63. The Balaban J connectivity index is 2.09. The normalized spacial score (nSPS) is 10.1. The Kier molecular flexibility index (Phi) is 4.42. The van der Waals surface area contributed by atoms with Crippen LogP contribution >= 0.6 is 11.6 Å². The van der Waals surface area contributed by atoms with E-state index in [2.05, 4.69) is 22.3 Å². The summed E-state index contributed by atoms with van der Waals surface area (Å²) in [6, 6.07) is 5.24. The molecule has 0 aliphatic heterocycles. The van der Waals surface area contributed by atoms with E-state index in [9.17, 15) is 4.79 Å². The van der Waals surface area contributed by atoms with Gasteiger partial charge in [-0.25, -0.2) is 4.68 Å². The highest BCUT2D eigenvalue weighted by molar-refractivity contribution is 6.34. The number of anilines is 1. The van der Waals surface area contributed by atoms with Crippen LogP contribution in [0, 0.1) is 0 Å². The van der Waals surface area contributed by atoms with Crippen LogP contribution in [0.2, 0.25) is 5.02 Å². The molecule has 1 aromatic heterocycles. The third-order valence-electron chi connectivity index (χ3n) is 2.78. The Morgan fingerprint density at radius 1 is 1.55 bits per heavy atom. The molecule has 0 aliphatic carbocycles. The van der Waals surface area contributed by atoms with Crippen LogP contribution in [0.25, 0.3) is 6.20 Å². The lowest BCUT2D eigenvalue weighted by atomic mass is 10.2. The van der Waals surface area contributed by atoms with E-state index in [1.165, 1.54) is 0 Å². The van der Waals surface area contributed by atoms with Gasteiger partial charge in [0.15, 0.2) is 0 Å². The third kappa shape index (κ3) is 3.19. The van der Waals surface area contributed by atoms with Gasteiger partial charge in [-0.1, -0.05) is 18.2 Å². The van der Waals surface area contributed by atoms with Crippen molar-refractivity contribution in [2.45, 2.75) is 6.54 Å². The van der Waals surface area contributed by atoms with E-state index in [1.54, 1.807) is 36.3 Å².